The predicted molar refractivity (Wildman–Crippen MR) is 103 cm³/mol. The Labute approximate surface area is 157 Å². The van der Waals surface area contributed by atoms with Crippen LogP contribution in [-0.4, -0.2) is 35.1 Å². The second-order valence-electron chi connectivity index (χ2n) is 7.09. The van der Waals surface area contributed by atoms with Crippen LogP contribution in [0.2, 0.25) is 0 Å². The average molecular weight is 384 g/mol. The summed E-state index contributed by atoms with van der Waals surface area (Å²) in [5, 5.41) is 3.63. The van der Waals surface area contributed by atoms with Crippen molar-refractivity contribution in [2.45, 2.75) is 30.7 Å². The molecule has 4 rings (SSSR count). The zero-order valence-corrected chi connectivity index (χ0v) is 16.2. The van der Waals surface area contributed by atoms with Crippen molar-refractivity contribution in [2.75, 3.05) is 11.6 Å². The zero-order chi connectivity index (χ0) is 19.3. The summed E-state index contributed by atoms with van der Waals surface area (Å²) < 4.78 is 26.2. The molecule has 0 aliphatic heterocycles. The highest BCUT2D eigenvalue weighted by Gasteiger charge is 2.26. The number of hydrogen-bond donors (Lipinski definition) is 1. The molecular formula is C19H20N4O3S. The molecule has 0 spiro atoms. The molecule has 1 saturated carbocycles. The van der Waals surface area contributed by atoms with Crippen LogP contribution in [0.25, 0.3) is 22.2 Å². The molecule has 0 atom stereocenters. The van der Waals surface area contributed by atoms with E-state index in [0.717, 1.165) is 34.9 Å². The second-order valence-corrected chi connectivity index (χ2v) is 9.05. The van der Waals surface area contributed by atoms with E-state index in [9.17, 15) is 13.2 Å². The smallest absolute Gasteiger partial charge is 0.222 e. The number of aromatic nitrogens is 3. The van der Waals surface area contributed by atoms with Gasteiger partial charge in [0.05, 0.1) is 17.4 Å². The van der Waals surface area contributed by atoms with E-state index in [1.807, 2.05) is 23.9 Å². The van der Waals surface area contributed by atoms with Gasteiger partial charge >= 0.3 is 0 Å². The van der Waals surface area contributed by atoms with Crippen LogP contribution in [-0.2, 0) is 21.7 Å². The molecule has 0 unspecified atom stereocenters. The van der Waals surface area contributed by atoms with Crippen LogP contribution in [0.3, 0.4) is 0 Å². The zero-order valence-electron chi connectivity index (χ0n) is 15.4. The molecule has 3 heterocycles. The molecule has 1 amide bonds. The molecule has 0 aromatic carbocycles. The van der Waals surface area contributed by atoms with Crippen LogP contribution in [0.5, 0.6) is 0 Å². The van der Waals surface area contributed by atoms with Gasteiger partial charge in [-0.1, -0.05) is 0 Å². The largest absolute Gasteiger partial charge is 0.349 e. The van der Waals surface area contributed by atoms with Gasteiger partial charge in [-0.25, -0.2) is 18.4 Å². The van der Waals surface area contributed by atoms with Gasteiger partial charge in [-0.15, -0.1) is 0 Å². The van der Waals surface area contributed by atoms with E-state index in [4.69, 9.17) is 0 Å². The van der Waals surface area contributed by atoms with Crippen LogP contribution in [0.1, 0.15) is 31.2 Å². The molecule has 27 heavy (non-hydrogen) atoms. The van der Waals surface area contributed by atoms with Crippen molar-refractivity contribution in [2.24, 2.45) is 7.05 Å². The monoisotopic (exact) mass is 384 g/mol. The molecule has 0 bridgehead atoms. The SMILES string of the molecule is CC(=O)Nc1cc2c(-c3cc(C4CC4)cc(S(C)(=O)=O)n3)cn(C)c2cn1. The van der Waals surface area contributed by atoms with Crippen molar-refractivity contribution < 1.29 is 13.2 Å². The summed E-state index contributed by atoms with van der Waals surface area (Å²) in [5.41, 5.74) is 3.31. The van der Waals surface area contributed by atoms with Gasteiger partial charge in [0, 0.05) is 37.4 Å². The van der Waals surface area contributed by atoms with Crippen LogP contribution >= 0.6 is 0 Å². The summed E-state index contributed by atoms with van der Waals surface area (Å²) in [4.78, 5) is 20.0. The minimum Gasteiger partial charge on any atom is -0.349 e. The van der Waals surface area contributed by atoms with Gasteiger partial charge in [0.15, 0.2) is 14.9 Å². The van der Waals surface area contributed by atoms with Gasteiger partial charge < -0.3 is 9.88 Å². The van der Waals surface area contributed by atoms with E-state index in [0.29, 0.717) is 17.4 Å². The third-order valence-electron chi connectivity index (χ3n) is 4.71. The summed E-state index contributed by atoms with van der Waals surface area (Å²) in [7, 11) is -1.52. The Morgan fingerprint density at radius 2 is 2.00 bits per heavy atom. The van der Waals surface area contributed by atoms with Crippen molar-refractivity contribution >= 4 is 32.5 Å². The summed E-state index contributed by atoms with van der Waals surface area (Å²) >= 11 is 0. The van der Waals surface area contributed by atoms with Gasteiger partial charge in [-0.3, -0.25) is 4.79 Å². The Balaban J connectivity index is 1.93. The number of anilines is 1. The molecule has 3 aromatic rings. The Morgan fingerprint density at radius 3 is 2.63 bits per heavy atom. The lowest BCUT2D eigenvalue weighted by molar-refractivity contribution is -0.114. The molecule has 3 aromatic heterocycles. The number of aryl methyl sites for hydroxylation is 1. The first kappa shape index (κ1) is 17.7. The molecule has 0 radical (unpaired) electrons. The first-order chi connectivity index (χ1) is 12.7. The van der Waals surface area contributed by atoms with Gasteiger partial charge in [-0.05, 0) is 42.5 Å². The Hall–Kier alpha value is -2.74. The van der Waals surface area contributed by atoms with E-state index < -0.39 is 9.84 Å². The van der Waals surface area contributed by atoms with Crippen LogP contribution < -0.4 is 5.32 Å². The van der Waals surface area contributed by atoms with E-state index in [1.165, 1.54) is 13.2 Å². The number of fused-ring (bicyclic) bond motifs is 1. The van der Waals surface area contributed by atoms with E-state index in [-0.39, 0.29) is 10.9 Å². The third kappa shape index (κ3) is 3.44. The van der Waals surface area contributed by atoms with Gasteiger partial charge in [0.1, 0.15) is 5.82 Å². The molecule has 1 aliphatic rings. The number of nitrogens with zero attached hydrogens (tertiary/aromatic N) is 3. The van der Waals surface area contributed by atoms with Crippen LogP contribution in [0, 0.1) is 0 Å². The second kappa shape index (κ2) is 6.16. The first-order valence-corrected chi connectivity index (χ1v) is 10.6. The molecule has 8 heteroatoms. The number of pyridine rings is 2. The summed E-state index contributed by atoms with van der Waals surface area (Å²) in [6.07, 6.45) is 6.91. The fourth-order valence-electron chi connectivity index (χ4n) is 3.24. The lowest BCUT2D eigenvalue weighted by atomic mass is 10.1. The number of carbonyl (C=O) groups is 1. The summed E-state index contributed by atoms with van der Waals surface area (Å²) in [6, 6.07) is 5.45. The predicted octanol–water partition coefficient (Wildman–Crippen LogP) is 2.87. The Bertz CT molecular complexity index is 1180. The molecular weight excluding hydrogens is 364 g/mol. The van der Waals surface area contributed by atoms with E-state index in [1.54, 1.807) is 18.3 Å². The highest BCUT2D eigenvalue weighted by atomic mass is 32.2. The lowest BCUT2D eigenvalue weighted by Crippen LogP contribution is -2.07. The number of hydrogen-bond acceptors (Lipinski definition) is 5. The van der Waals surface area contributed by atoms with Gasteiger partial charge in [0.2, 0.25) is 5.91 Å². The van der Waals surface area contributed by atoms with E-state index in [2.05, 4.69) is 15.3 Å². The maximum atomic E-state index is 12.1. The van der Waals surface area contributed by atoms with Crippen LogP contribution in [0.4, 0.5) is 5.82 Å². The minimum atomic E-state index is -3.42. The fraction of sp³-hybridized carbons (Fsp3) is 0.316. The topological polar surface area (TPSA) is 94.0 Å². The molecule has 0 saturated heterocycles. The highest BCUT2D eigenvalue weighted by Crippen LogP contribution is 2.42. The number of sulfone groups is 1. The molecule has 1 fully saturated rings. The summed E-state index contributed by atoms with van der Waals surface area (Å²) in [6.45, 7) is 1.43. The quantitative estimate of drug-likeness (QED) is 0.746. The van der Waals surface area contributed by atoms with Crippen LogP contribution in [0.15, 0.2) is 35.6 Å². The molecule has 140 valence electrons. The maximum Gasteiger partial charge on any atom is 0.222 e. The van der Waals surface area contributed by atoms with Crippen molar-refractivity contribution in [1.82, 2.24) is 14.5 Å². The molecule has 1 aliphatic carbocycles. The highest BCUT2D eigenvalue weighted by molar-refractivity contribution is 7.90. The van der Waals surface area contributed by atoms with Gasteiger partial charge in [-0.2, -0.15) is 0 Å². The summed E-state index contributed by atoms with van der Waals surface area (Å²) in [5.74, 6) is 0.649. The van der Waals surface area contributed by atoms with Crippen molar-refractivity contribution in [3.63, 3.8) is 0 Å². The fourth-order valence-corrected chi connectivity index (χ4v) is 3.85. The first-order valence-electron chi connectivity index (χ1n) is 8.67. The van der Waals surface area contributed by atoms with Gasteiger partial charge in [0.25, 0.3) is 0 Å². The molecule has 7 nitrogen and oxygen atoms in total. The number of nitrogens with one attached hydrogen (secondary N) is 1. The number of rotatable bonds is 4. The minimum absolute atomic E-state index is 0.0926. The van der Waals surface area contributed by atoms with Crippen molar-refractivity contribution in [1.29, 1.82) is 0 Å². The average Bonchev–Trinajstić information content (AvgIpc) is 3.38. The Morgan fingerprint density at radius 1 is 1.26 bits per heavy atom. The lowest BCUT2D eigenvalue weighted by Gasteiger charge is -2.08. The third-order valence-corrected chi connectivity index (χ3v) is 5.68. The van der Waals surface area contributed by atoms with Crippen molar-refractivity contribution in [3.8, 4) is 11.3 Å². The standard InChI is InChI=1S/C19H20N4O3S/c1-11(24)21-18-8-14-15(10-23(2)17(14)9-20-18)16-6-13(12-4-5-12)7-19(22-16)27(3,25)26/h6-10,12H,4-5H2,1-3H3,(H,20,21,24). The maximum absolute atomic E-state index is 12.1. The normalized spacial score (nSPS) is 14.5. The Kier molecular flexibility index (Phi) is 4.03. The number of carbonyl (C=O) groups excluding carboxylic acids is 1. The van der Waals surface area contributed by atoms with Crippen molar-refractivity contribution in [3.05, 3.63) is 36.2 Å². The van der Waals surface area contributed by atoms with E-state index >= 15 is 0 Å². The number of amides is 1. The molecule has 1 N–H and O–H groups in total.